The van der Waals surface area contributed by atoms with Gasteiger partial charge >= 0.3 is 0 Å². The molecule has 0 radical (unpaired) electrons. The van der Waals surface area contributed by atoms with E-state index < -0.39 is 0 Å². The van der Waals surface area contributed by atoms with E-state index in [-0.39, 0.29) is 0 Å². The third-order valence-corrected chi connectivity index (χ3v) is 3.47. The molecule has 74 valence electrons. The first kappa shape index (κ1) is 8.57. The highest BCUT2D eigenvalue weighted by molar-refractivity contribution is 6.33. The third-order valence-electron chi connectivity index (χ3n) is 3.16. The molecule has 14 heavy (non-hydrogen) atoms. The molecule has 3 rings (SSSR count). The Bertz CT molecular complexity index is 364. The van der Waals surface area contributed by atoms with Crippen LogP contribution in [-0.2, 0) is 6.42 Å². The van der Waals surface area contributed by atoms with Gasteiger partial charge in [-0.2, -0.15) is 0 Å². The van der Waals surface area contributed by atoms with Gasteiger partial charge in [0.05, 0.1) is 10.7 Å². The fraction of sp³-hybridized carbons (Fsp3) is 0.455. The van der Waals surface area contributed by atoms with Crippen LogP contribution in [0.15, 0.2) is 18.2 Å². The molecule has 1 N–H and O–H groups in total. The topological polar surface area (TPSA) is 15.3 Å². The molecule has 0 amide bonds. The zero-order valence-electron chi connectivity index (χ0n) is 7.96. The lowest BCUT2D eigenvalue weighted by Crippen LogP contribution is -2.49. The van der Waals surface area contributed by atoms with E-state index in [1.165, 1.54) is 11.3 Å². The van der Waals surface area contributed by atoms with Gasteiger partial charge in [0, 0.05) is 25.7 Å². The SMILES string of the molecule is Clc1cccc2c1N1CCNCC1C2. The highest BCUT2D eigenvalue weighted by Gasteiger charge is 2.32. The molecule has 1 aromatic carbocycles. The van der Waals surface area contributed by atoms with Crippen molar-refractivity contribution in [2.75, 3.05) is 24.5 Å². The fourth-order valence-corrected chi connectivity index (χ4v) is 2.84. The fourth-order valence-electron chi connectivity index (χ4n) is 2.54. The molecule has 2 nitrogen and oxygen atoms in total. The summed E-state index contributed by atoms with van der Waals surface area (Å²) in [5, 5.41) is 4.33. The zero-order chi connectivity index (χ0) is 9.54. The van der Waals surface area contributed by atoms with Gasteiger partial charge < -0.3 is 10.2 Å². The Hall–Kier alpha value is -0.730. The van der Waals surface area contributed by atoms with Gasteiger partial charge in [0.25, 0.3) is 0 Å². The molecule has 2 aliphatic rings. The molecule has 3 heteroatoms. The number of anilines is 1. The monoisotopic (exact) mass is 208 g/mol. The lowest BCUT2D eigenvalue weighted by Gasteiger charge is -2.32. The average Bonchev–Trinajstić information content (AvgIpc) is 2.57. The maximum absolute atomic E-state index is 6.23. The van der Waals surface area contributed by atoms with Crippen LogP contribution < -0.4 is 10.2 Å². The maximum atomic E-state index is 6.23. The van der Waals surface area contributed by atoms with Crippen LogP contribution in [0, 0.1) is 0 Å². The van der Waals surface area contributed by atoms with Gasteiger partial charge in [-0.05, 0) is 18.1 Å². The van der Waals surface area contributed by atoms with E-state index in [1.54, 1.807) is 0 Å². The van der Waals surface area contributed by atoms with Crippen LogP contribution in [-0.4, -0.2) is 25.7 Å². The number of benzene rings is 1. The van der Waals surface area contributed by atoms with Crippen molar-refractivity contribution in [2.45, 2.75) is 12.5 Å². The quantitative estimate of drug-likeness (QED) is 0.698. The van der Waals surface area contributed by atoms with Crippen molar-refractivity contribution in [3.8, 4) is 0 Å². The number of piperazine rings is 1. The van der Waals surface area contributed by atoms with Crippen LogP contribution in [0.3, 0.4) is 0 Å². The van der Waals surface area contributed by atoms with Crippen molar-refractivity contribution in [3.05, 3.63) is 28.8 Å². The van der Waals surface area contributed by atoms with Gasteiger partial charge in [0.15, 0.2) is 0 Å². The van der Waals surface area contributed by atoms with Crippen LogP contribution in [0.4, 0.5) is 5.69 Å². The van der Waals surface area contributed by atoms with Crippen LogP contribution in [0.2, 0.25) is 5.02 Å². The van der Waals surface area contributed by atoms with Crippen LogP contribution in [0.25, 0.3) is 0 Å². The van der Waals surface area contributed by atoms with Gasteiger partial charge in [-0.1, -0.05) is 23.7 Å². The summed E-state index contributed by atoms with van der Waals surface area (Å²) in [7, 11) is 0. The van der Waals surface area contributed by atoms with Crippen molar-refractivity contribution in [1.29, 1.82) is 0 Å². The Morgan fingerprint density at radius 1 is 1.43 bits per heavy atom. The Balaban J connectivity index is 2.06. The Labute approximate surface area is 88.9 Å². The molecule has 2 heterocycles. The summed E-state index contributed by atoms with van der Waals surface area (Å²) in [4.78, 5) is 2.45. The summed E-state index contributed by atoms with van der Waals surface area (Å²) >= 11 is 6.23. The summed E-state index contributed by atoms with van der Waals surface area (Å²) in [5.41, 5.74) is 2.69. The molecule has 1 saturated heterocycles. The van der Waals surface area contributed by atoms with E-state index in [9.17, 15) is 0 Å². The first-order valence-corrected chi connectivity index (χ1v) is 5.49. The molecule has 0 saturated carbocycles. The second kappa shape index (κ2) is 3.14. The highest BCUT2D eigenvalue weighted by Crippen LogP contribution is 2.38. The standard InChI is InChI=1S/C11H13ClN2/c12-10-3-1-2-8-6-9-7-13-4-5-14(9)11(8)10/h1-3,9,13H,4-7H2. The minimum Gasteiger partial charge on any atom is -0.364 e. The molecule has 0 aliphatic carbocycles. The molecule has 0 spiro atoms. The first-order chi connectivity index (χ1) is 6.86. The molecule has 1 atom stereocenters. The molecule has 1 aromatic rings. The molecule has 2 aliphatic heterocycles. The number of fused-ring (bicyclic) bond motifs is 3. The van der Waals surface area contributed by atoms with E-state index in [1.807, 2.05) is 12.1 Å². The lowest BCUT2D eigenvalue weighted by atomic mass is 10.1. The molecule has 1 fully saturated rings. The van der Waals surface area contributed by atoms with Gasteiger partial charge in [0.2, 0.25) is 0 Å². The second-order valence-corrected chi connectivity index (χ2v) is 4.41. The molecular formula is C11H13ClN2. The number of halogens is 1. The largest absolute Gasteiger partial charge is 0.364 e. The predicted octanol–water partition coefficient (Wildman–Crippen LogP) is 1.67. The smallest absolute Gasteiger partial charge is 0.0642 e. The second-order valence-electron chi connectivity index (χ2n) is 4.00. The normalized spacial score (nSPS) is 24.6. The van der Waals surface area contributed by atoms with E-state index in [2.05, 4.69) is 16.3 Å². The zero-order valence-corrected chi connectivity index (χ0v) is 8.72. The minimum atomic E-state index is 0.624. The summed E-state index contributed by atoms with van der Waals surface area (Å²) in [6.45, 7) is 3.24. The minimum absolute atomic E-state index is 0.624. The van der Waals surface area contributed by atoms with Gasteiger partial charge in [-0.3, -0.25) is 0 Å². The van der Waals surface area contributed by atoms with Crippen molar-refractivity contribution >= 4 is 17.3 Å². The Kier molecular flexibility index (Phi) is 1.92. The van der Waals surface area contributed by atoms with E-state index in [0.29, 0.717) is 6.04 Å². The van der Waals surface area contributed by atoms with Crippen LogP contribution >= 0.6 is 11.6 Å². The first-order valence-electron chi connectivity index (χ1n) is 5.11. The van der Waals surface area contributed by atoms with Crippen molar-refractivity contribution in [2.24, 2.45) is 0 Å². The molecular weight excluding hydrogens is 196 g/mol. The van der Waals surface area contributed by atoms with Gasteiger partial charge in [0.1, 0.15) is 0 Å². The van der Waals surface area contributed by atoms with E-state index in [4.69, 9.17) is 11.6 Å². The van der Waals surface area contributed by atoms with Gasteiger partial charge in [-0.15, -0.1) is 0 Å². The summed E-state index contributed by atoms with van der Waals surface area (Å²) < 4.78 is 0. The number of hydrogen-bond donors (Lipinski definition) is 1. The van der Waals surface area contributed by atoms with Crippen molar-refractivity contribution in [3.63, 3.8) is 0 Å². The molecule has 1 unspecified atom stereocenters. The van der Waals surface area contributed by atoms with Crippen LogP contribution in [0.5, 0.6) is 0 Å². The van der Waals surface area contributed by atoms with Crippen LogP contribution in [0.1, 0.15) is 5.56 Å². The summed E-state index contributed by atoms with van der Waals surface area (Å²) in [6, 6.07) is 6.86. The summed E-state index contributed by atoms with van der Waals surface area (Å²) in [5.74, 6) is 0. The van der Waals surface area contributed by atoms with Crippen molar-refractivity contribution in [1.82, 2.24) is 5.32 Å². The van der Waals surface area contributed by atoms with E-state index >= 15 is 0 Å². The van der Waals surface area contributed by atoms with Crippen molar-refractivity contribution < 1.29 is 0 Å². The lowest BCUT2D eigenvalue weighted by molar-refractivity contribution is 0.495. The number of rotatable bonds is 0. The number of hydrogen-bond acceptors (Lipinski definition) is 2. The van der Waals surface area contributed by atoms with Gasteiger partial charge in [-0.25, -0.2) is 0 Å². The summed E-state index contributed by atoms with van der Waals surface area (Å²) in [6.07, 6.45) is 1.14. The van der Waals surface area contributed by atoms with E-state index in [0.717, 1.165) is 31.1 Å². The number of nitrogens with one attached hydrogen (secondary N) is 1. The third kappa shape index (κ3) is 1.14. The average molecular weight is 209 g/mol. The Morgan fingerprint density at radius 3 is 3.29 bits per heavy atom. The highest BCUT2D eigenvalue weighted by atomic mass is 35.5. The number of nitrogens with zero attached hydrogens (tertiary/aromatic N) is 1. The Morgan fingerprint density at radius 2 is 2.36 bits per heavy atom. The number of para-hydroxylation sites is 1. The maximum Gasteiger partial charge on any atom is 0.0642 e. The molecule has 0 aromatic heterocycles. The predicted molar refractivity (Wildman–Crippen MR) is 59.2 cm³/mol. The molecule has 0 bridgehead atoms.